The van der Waals surface area contributed by atoms with E-state index in [4.69, 9.17) is 4.74 Å². The molecular weight excluding hydrogens is 341 g/mol. The van der Waals surface area contributed by atoms with Gasteiger partial charge in [0.25, 0.3) is 0 Å². The summed E-state index contributed by atoms with van der Waals surface area (Å²) in [6.07, 6.45) is 0. The van der Waals surface area contributed by atoms with Crippen molar-refractivity contribution in [1.29, 1.82) is 0 Å². The summed E-state index contributed by atoms with van der Waals surface area (Å²) in [5.74, 6) is -0.174. The van der Waals surface area contributed by atoms with Gasteiger partial charge in [0.15, 0.2) is 0 Å². The second kappa shape index (κ2) is 5.01. The predicted octanol–water partition coefficient (Wildman–Crippen LogP) is 3.72. The Morgan fingerprint density at radius 3 is 2.82 bits per heavy atom. The van der Waals surface area contributed by atoms with E-state index in [1.54, 1.807) is 0 Å². The fourth-order valence-corrected chi connectivity index (χ4v) is 5.37. The monoisotopic (exact) mass is 357 g/mol. The molecule has 0 aliphatic carbocycles. The maximum absolute atomic E-state index is 12.0. The van der Waals surface area contributed by atoms with Crippen molar-refractivity contribution in [2.24, 2.45) is 7.05 Å². The number of carbonyl (C=O) groups is 1. The van der Waals surface area contributed by atoms with E-state index >= 15 is 0 Å². The normalized spacial score (nSPS) is 11.5. The molecule has 0 fully saturated rings. The Morgan fingerprint density at radius 1 is 1.18 bits per heavy atom. The Kier molecular flexibility index (Phi) is 3.10. The number of para-hydroxylation sites is 1. The van der Waals surface area contributed by atoms with E-state index in [1.807, 2.05) is 13.0 Å². The maximum atomic E-state index is 12.0. The van der Waals surface area contributed by atoms with Gasteiger partial charge in [-0.05, 0) is 0 Å². The first-order chi connectivity index (χ1) is 10.7. The van der Waals surface area contributed by atoms with Crippen LogP contribution in [0.3, 0.4) is 0 Å². The van der Waals surface area contributed by atoms with Crippen LogP contribution in [-0.2, 0) is 11.8 Å². The summed E-state index contributed by atoms with van der Waals surface area (Å²) < 4.78 is 9.50. The standard InChI is InChI=1S/C18H15NO2Se/c1-3-21-18(20)15-10-11-8-9-14-16(17(11)22-15)12-6-4-5-7-13(12)19(14)2/h4-10H,3H2,1-2H3. The van der Waals surface area contributed by atoms with Gasteiger partial charge in [-0.1, -0.05) is 0 Å². The van der Waals surface area contributed by atoms with Crippen LogP contribution in [0, 0.1) is 0 Å². The summed E-state index contributed by atoms with van der Waals surface area (Å²) in [6, 6.07) is 14.7. The van der Waals surface area contributed by atoms with Crippen LogP contribution >= 0.6 is 0 Å². The summed E-state index contributed by atoms with van der Waals surface area (Å²) in [4.78, 5) is 12.0. The van der Waals surface area contributed by atoms with Crippen LogP contribution in [0.15, 0.2) is 42.5 Å². The second-order valence-corrected chi connectivity index (χ2v) is 7.49. The summed E-state index contributed by atoms with van der Waals surface area (Å²) >= 11 is 0.00518. The molecule has 0 radical (unpaired) electrons. The van der Waals surface area contributed by atoms with E-state index in [0.29, 0.717) is 6.61 Å². The molecule has 0 amide bonds. The molecule has 3 nitrogen and oxygen atoms in total. The number of rotatable bonds is 2. The van der Waals surface area contributed by atoms with Crippen LogP contribution in [0.1, 0.15) is 16.2 Å². The quantitative estimate of drug-likeness (QED) is 0.405. The third-order valence-electron chi connectivity index (χ3n) is 4.04. The third kappa shape index (κ3) is 1.84. The van der Waals surface area contributed by atoms with Crippen LogP contribution in [0.2, 0.25) is 0 Å². The molecule has 0 aliphatic heterocycles. The number of carbonyl (C=O) groups excluding carboxylic acids is 1. The van der Waals surface area contributed by atoms with Crippen molar-refractivity contribution in [3.05, 3.63) is 46.9 Å². The number of aryl methyl sites for hydroxylation is 1. The minimum absolute atomic E-state index is 0.00518. The van der Waals surface area contributed by atoms with Gasteiger partial charge in [0.2, 0.25) is 0 Å². The molecule has 0 saturated carbocycles. The molecule has 0 aliphatic rings. The van der Waals surface area contributed by atoms with Crippen molar-refractivity contribution < 1.29 is 9.53 Å². The molecule has 4 rings (SSSR count). The molecule has 2 aromatic heterocycles. The van der Waals surface area contributed by atoms with Crippen molar-refractivity contribution in [2.75, 3.05) is 6.61 Å². The SMILES string of the molecule is CCOC(=O)c1cc2ccc3c(c4ccccc4n3C)c2[se]1. The van der Waals surface area contributed by atoms with Gasteiger partial charge in [-0.2, -0.15) is 0 Å². The Hall–Kier alpha value is -2.03. The molecule has 2 aromatic carbocycles. The Morgan fingerprint density at radius 2 is 2.00 bits per heavy atom. The zero-order valence-electron chi connectivity index (χ0n) is 12.4. The van der Waals surface area contributed by atoms with Gasteiger partial charge in [-0.3, -0.25) is 0 Å². The first-order valence-electron chi connectivity index (χ1n) is 7.27. The number of hydrogen-bond donors (Lipinski definition) is 0. The van der Waals surface area contributed by atoms with Crippen molar-refractivity contribution in [3.63, 3.8) is 0 Å². The van der Waals surface area contributed by atoms with Crippen LogP contribution < -0.4 is 0 Å². The molecule has 22 heavy (non-hydrogen) atoms. The molecule has 2 heterocycles. The van der Waals surface area contributed by atoms with Crippen LogP contribution in [-0.4, -0.2) is 31.6 Å². The van der Waals surface area contributed by atoms with Crippen molar-refractivity contribution in [2.45, 2.75) is 6.92 Å². The van der Waals surface area contributed by atoms with Crippen molar-refractivity contribution in [3.8, 4) is 0 Å². The summed E-state index contributed by atoms with van der Waals surface area (Å²) in [6.45, 7) is 2.27. The van der Waals surface area contributed by atoms with Crippen LogP contribution in [0.4, 0.5) is 0 Å². The first-order valence-corrected chi connectivity index (χ1v) is 8.99. The molecule has 0 N–H and O–H groups in total. The van der Waals surface area contributed by atoms with E-state index < -0.39 is 0 Å². The van der Waals surface area contributed by atoms with E-state index in [2.05, 4.69) is 48.0 Å². The first kappa shape index (κ1) is 13.6. The van der Waals surface area contributed by atoms with Gasteiger partial charge in [0, 0.05) is 0 Å². The number of aromatic nitrogens is 1. The van der Waals surface area contributed by atoms with Crippen molar-refractivity contribution >= 4 is 51.9 Å². The molecule has 0 spiro atoms. The minimum atomic E-state index is -0.174. The Balaban J connectivity index is 2.10. The van der Waals surface area contributed by atoms with E-state index in [9.17, 15) is 4.79 Å². The fraction of sp³-hybridized carbons (Fsp3) is 0.167. The number of ether oxygens (including phenoxy) is 1. The van der Waals surface area contributed by atoms with Crippen molar-refractivity contribution in [1.82, 2.24) is 4.57 Å². The zero-order valence-corrected chi connectivity index (χ0v) is 14.1. The molecule has 0 unspecified atom stereocenters. The number of fused-ring (bicyclic) bond motifs is 5. The average Bonchev–Trinajstić information content (AvgIpc) is 3.08. The zero-order chi connectivity index (χ0) is 15.3. The fourth-order valence-electron chi connectivity index (χ4n) is 3.04. The summed E-state index contributed by atoms with van der Waals surface area (Å²) in [5.41, 5.74) is 2.45. The van der Waals surface area contributed by atoms with E-state index in [-0.39, 0.29) is 20.5 Å². The molecule has 110 valence electrons. The molecule has 4 aromatic rings. The number of benzene rings is 2. The molecular formula is C18H15NO2Se. The summed E-state index contributed by atoms with van der Waals surface area (Å²) in [5, 5.41) is 3.70. The van der Waals surface area contributed by atoms with E-state index in [0.717, 1.165) is 9.82 Å². The van der Waals surface area contributed by atoms with Gasteiger partial charge < -0.3 is 0 Å². The molecule has 0 atom stereocenters. The second-order valence-electron chi connectivity index (χ2n) is 5.29. The van der Waals surface area contributed by atoms with Crippen LogP contribution in [0.25, 0.3) is 31.5 Å². The predicted molar refractivity (Wildman–Crippen MR) is 90.8 cm³/mol. The van der Waals surface area contributed by atoms with Crippen LogP contribution in [0.5, 0.6) is 0 Å². The Bertz CT molecular complexity index is 1030. The van der Waals surface area contributed by atoms with E-state index in [1.165, 1.54) is 26.1 Å². The number of nitrogens with zero attached hydrogens (tertiary/aromatic N) is 1. The van der Waals surface area contributed by atoms with Gasteiger partial charge in [0.1, 0.15) is 0 Å². The number of hydrogen-bond acceptors (Lipinski definition) is 2. The van der Waals surface area contributed by atoms with Gasteiger partial charge in [-0.15, -0.1) is 0 Å². The Labute approximate surface area is 133 Å². The third-order valence-corrected chi connectivity index (χ3v) is 6.45. The number of esters is 1. The van der Waals surface area contributed by atoms with Gasteiger partial charge in [0.05, 0.1) is 0 Å². The van der Waals surface area contributed by atoms with Gasteiger partial charge in [-0.25, -0.2) is 0 Å². The topological polar surface area (TPSA) is 31.2 Å². The molecule has 0 saturated heterocycles. The average molecular weight is 356 g/mol. The molecule has 4 heteroatoms. The molecule has 0 bridgehead atoms. The summed E-state index contributed by atoms with van der Waals surface area (Å²) in [7, 11) is 2.10. The van der Waals surface area contributed by atoms with Gasteiger partial charge >= 0.3 is 134 Å².